The quantitative estimate of drug-likeness (QED) is 0.651. The Morgan fingerprint density at radius 3 is 1.87 bits per heavy atom. The largest absolute Gasteiger partial charge is 0.282 e. The molecule has 3 heteroatoms. The normalized spacial score (nSPS) is 10.3. The first-order chi connectivity index (χ1) is 11.3. The molecule has 0 N–H and O–H groups in total. The van der Waals surface area contributed by atoms with E-state index in [4.69, 9.17) is 4.84 Å². The predicted octanol–water partition coefficient (Wildman–Crippen LogP) is 4.47. The number of hydrogen-bond acceptors (Lipinski definition) is 2. The lowest BCUT2D eigenvalue weighted by Crippen LogP contribution is -2.31. The lowest BCUT2D eigenvalue weighted by Gasteiger charge is -2.22. The van der Waals surface area contributed by atoms with Gasteiger partial charge in [-0.1, -0.05) is 66.7 Å². The fraction of sp³-hybridized carbons (Fsp3) is 0.0500. The van der Waals surface area contributed by atoms with Crippen LogP contribution in [0.4, 0.5) is 5.69 Å². The zero-order chi connectivity index (χ0) is 15.9. The minimum absolute atomic E-state index is 0.187. The second-order valence-electron chi connectivity index (χ2n) is 5.06. The van der Waals surface area contributed by atoms with Crippen molar-refractivity contribution in [3.8, 4) is 0 Å². The average molecular weight is 303 g/mol. The molecule has 0 saturated carbocycles. The van der Waals surface area contributed by atoms with Crippen molar-refractivity contribution in [1.82, 2.24) is 0 Å². The number of amides is 1. The maximum absolute atomic E-state index is 12.8. The monoisotopic (exact) mass is 303 g/mol. The first kappa shape index (κ1) is 15.0. The van der Waals surface area contributed by atoms with Gasteiger partial charge in [0.2, 0.25) is 0 Å². The lowest BCUT2D eigenvalue weighted by molar-refractivity contribution is 0.0600. The van der Waals surface area contributed by atoms with Gasteiger partial charge in [0.25, 0.3) is 5.91 Å². The molecule has 0 aromatic heterocycles. The van der Waals surface area contributed by atoms with Crippen LogP contribution in [-0.4, -0.2) is 5.91 Å². The van der Waals surface area contributed by atoms with Gasteiger partial charge in [-0.25, -0.2) is 0 Å². The highest BCUT2D eigenvalue weighted by molar-refractivity contribution is 6.04. The van der Waals surface area contributed by atoms with Crippen molar-refractivity contribution in [3.05, 3.63) is 102 Å². The van der Waals surface area contributed by atoms with Gasteiger partial charge in [0.1, 0.15) is 6.61 Å². The molecule has 0 saturated heterocycles. The molecule has 3 rings (SSSR count). The third-order valence-corrected chi connectivity index (χ3v) is 3.40. The summed E-state index contributed by atoms with van der Waals surface area (Å²) in [5.74, 6) is -0.187. The standard InChI is InChI=1S/C20H17NO2/c22-20(18-12-6-2-7-13-18)21(19-14-8-3-9-15-19)23-16-17-10-4-1-5-11-17/h1-15H,16H2. The second-order valence-corrected chi connectivity index (χ2v) is 5.06. The fourth-order valence-corrected chi connectivity index (χ4v) is 2.23. The van der Waals surface area contributed by atoms with Gasteiger partial charge < -0.3 is 0 Å². The SMILES string of the molecule is O=C(c1ccccc1)N(OCc1ccccc1)c1ccccc1. The highest BCUT2D eigenvalue weighted by atomic mass is 16.7. The van der Waals surface area contributed by atoms with E-state index < -0.39 is 0 Å². The Balaban J connectivity index is 1.84. The summed E-state index contributed by atoms with van der Waals surface area (Å²) < 4.78 is 0. The van der Waals surface area contributed by atoms with E-state index in [1.165, 1.54) is 5.06 Å². The topological polar surface area (TPSA) is 29.5 Å². The van der Waals surface area contributed by atoms with Gasteiger partial charge in [0.15, 0.2) is 0 Å². The summed E-state index contributed by atoms with van der Waals surface area (Å²) in [5.41, 5.74) is 2.30. The fourth-order valence-electron chi connectivity index (χ4n) is 2.23. The molecule has 0 spiro atoms. The van der Waals surface area contributed by atoms with Crippen LogP contribution in [0.25, 0.3) is 0 Å². The molecule has 3 nitrogen and oxygen atoms in total. The average Bonchev–Trinajstić information content (AvgIpc) is 2.64. The van der Waals surface area contributed by atoms with Gasteiger partial charge in [-0.2, -0.15) is 5.06 Å². The summed E-state index contributed by atoms with van der Waals surface area (Å²) in [6.07, 6.45) is 0. The van der Waals surface area contributed by atoms with Gasteiger partial charge in [-0.15, -0.1) is 0 Å². The minimum Gasteiger partial charge on any atom is -0.266 e. The molecule has 0 bridgehead atoms. The lowest BCUT2D eigenvalue weighted by atomic mass is 10.2. The van der Waals surface area contributed by atoms with E-state index in [2.05, 4.69) is 0 Å². The van der Waals surface area contributed by atoms with Crippen molar-refractivity contribution >= 4 is 11.6 Å². The van der Waals surface area contributed by atoms with Crippen molar-refractivity contribution in [2.24, 2.45) is 0 Å². The highest BCUT2D eigenvalue weighted by Crippen LogP contribution is 2.18. The van der Waals surface area contributed by atoms with E-state index in [1.54, 1.807) is 12.1 Å². The molecule has 23 heavy (non-hydrogen) atoms. The zero-order valence-corrected chi connectivity index (χ0v) is 12.6. The Kier molecular flexibility index (Phi) is 4.82. The van der Waals surface area contributed by atoms with E-state index in [9.17, 15) is 4.79 Å². The molecule has 0 aliphatic rings. The van der Waals surface area contributed by atoms with Gasteiger partial charge in [0, 0.05) is 5.56 Å². The Labute approximate surface area is 135 Å². The molecule has 0 heterocycles. The van der Waals surface area contributed by atoms with Crippen molar-refractivity contribution < 1.29 is 9.63 Å². The van der Waals surface area contributed by atoms with Gasteiger partial charge in [-0.3, -0.25) is 9.63 Å². The first-order valence-electron chi connectivity index (χ1n) is 7.46. The van der Waals surface area contributed by atoms with Crippen molar-refractivity contribution in [2.75, 3.05) is 5.06 Å². The molecule has 0 unspecified atom stereocenters. The Morgan fingerprint density at radius 2 is 1.26 bits per heavy atom. The number of hydrogen-bond donors (Lipinski definition) is 0. The van der Waals surface area contributed by atoms with Gasteiger partial charge in [-0.05, 0) is 29.8 Å². The summed E-state index contributed by atoms with van der Waals surface area (Å²) in [6.45, 7) is 0.328. The van der Waals surface area contributed by atoms with Crippen LogP contribution in [0.3, 0.4) is 0 Å². The molecule has 0 radical (unpaired) electrons. The van der Waals surface area contributed by atoms with Crippen LogP contribution in [0.15, 0.2) is 91.0 Å². The summed E-state index contributed by atoms with van der Waals surface area (Å²) in [4.78, 5) is 18.6. The molecule has 0 fully saturated rings. The van der Waals surface area contributed by atoms with E-state index in [0.29, 0.717) is 17.9 Å². The van der Waals surface area contributed by atoms with Crippen LogP contribution < -0.4 is 5.06 Å². The molecule has 1 amide bonds. The first-order valence-corrected chi connectivity index (χ1v) is 7.46. The summed E-state index contributed by atoms with van der Waals surface area (Å²) >= 11 is 0. The van der Waals surface area contributed by atoms with E-state index in [-0.39, 0.29) is 5.91 Å². The van der Waals surface area contributed by atoms with E-state index in [1.807, 2.05) is 78.9 Å². The molecular formula is C20H17NO2. The number of nitrogens with zero attached hydrogens (tertiary/aromatic N) is 1. The number of benzene rings is 3. The number of para-hydroxylation sites is 1. The molecule has 0 aliphatic heterocycles. The number of hydroxylamine groups is 1. The van der Waals surface area contributed by atoms with Crippen LogP contribution in [-0.2, 0) is 11.4 Å². The Morgan fingerprint density at radius 1 is 0.739 bits per heavy atom. The molecule has 3 aromatic carbocycles. The smallest absolute Gasteiger partial charge is 0.266 e. The number of anilines is 1. The van der Waals surface area contributed by atoms with Crippen LogP contribution >= 0.6 is 0 Å². The summed E-state index contributed by atoms with van der Waals surface area (Å²) in [6, 6.07) is 28.3. The number of carbonyl (C=O) groups excluding carboxylic acids is 1. The van der Waals surface area contributed by atoms with E-state index >= 15 is 0 Å². The molecular weight excluding hydrogens is 286 g/mol. The summed E-state index contributed by atoms with van der Waals surface area (Å²) in [7, 11) is 0. The molecule has 0 atom stereocenters. The van der Waals surface area contributed by atoms with E-state index in [0.717, 1.165) is 5.56 Å². The highest BCUT2D eigenvalue weighted by Gasteiger charge is 2.18. The molecule has 0 aliphatic carbocycles. The summed E-state index contributed by atoms with van der Waals surface area (Å²) in [5, 5.41) is 1.35. The van der Waals surface area contributed by atoms with Crippen LogP contribution in [0.5, 0.6) is 0 Å². The molecule has 3 aromatic rings. The van der Waals surface area contributed by atoms with Gasteiger partial charge in [0.05, 0.1) is 5.69 Å². The Hall–Kier alpha value is -2.91. The van der Waals surface area contributed by atoms with Crippen molar-refractivity contribution in [3.63, 3.8) is 0 Å². The third kappa shape index (κ3) is 3.84. The third-order valence-electron chi connectivity index (χ3n) is 3.40. The van der Waals surface area contributed by atoms with Gasteiger partial charge >= 0.3 is 0 Å². The van der Waals surface area contributed by atoms with Crippen LogP contribution in [0.2, 0.25) is 0 Å². The van der Waals surface area contributed by atoms with Crippen molar-refractivity contribution in [1.29, 1.82) is 0 Å². The predicted molar refractivity (Wildman–Crippen MR) is 90.9 cm³/mol. The second kappa shape index (κ2) is 7.38. The Bertz CT molecular complexity index is 742. The van der Waals surface area contributed by atoms with Crippen LogP contribution in [0, 0.1) is 0 Å². The minimum atomic E-state index is -0.187. The van der Waals surface area contributed by atoms with Crippen molar-refractivity contribution in [2.45, 2.75) is 6.61 Å². The maximum Gasteiger partial charge on any atom is 0.282 e. The zero-order valence-electron chi connectivity index (χ0n) is 12.6. The number of carbonyl (C=O) groups is 1. The van der Waals surface area contributed by atoms with Crippen LogP contribution in [0.1, 0.15) is 15.9 Å². The molecule has 114 valence electrons. The number of rotatable bonds is 5. The maximum atomic E-state index is 12.8.